The molecule has 7 heteroatoms. The Morgan fingerprint density at radius 1 is 1.04 bits per heavy atom. The van der Waals surface area contributed by atoms with Crippen LogP contribution in [0.15, 0.2) is 24.3 Å². The van der Waals surface area contributed by atoms with Gasteiger partial charge in [0.15, 0.2) is 0 Å². The van der Waals surface area contributed by atoms with Gasteiger partial charge in [0.05, 0.1) is 13.5 Å². The first kappa shape index (κ1) is 19.9. The number of hydrogen-bond donors (Lipinski definition) is 1. The van der Waals surface area contributed by atoms with Gasteiger partial charge in [0.25, 0.3) is 0 Å². The summed E-state index contributed by atoms with van der Waals surface area (Å²) in [6.45, 7) is 3.10. The average molecular weight is 385 g/mol. The van der Waals surface area contributed by atoms with Crippen LogP contribution in [0.5, 0.6) is 0 Å². The zero-order valence-electron chi connectivity index (χ0n) is 16.5. The van der Waals surface area contributed by atoms with Gasteiger partial charge in [0.1, 0.15) is 0 Å². The third-order valence-corrected chi connectivity index (χ3v) is 5.21. The smallest absolute Gasteiger partial charge is 0.305 e. The van der Waals surface area contributed by atoms with Crippen LogP contribution >= 0.6 is 0 Å². The summed E-state index contributed by atoms with van der Waals surface area (Å²) in [5.74, 6) is -0.390. The van der Waals surface area contributed by atoms with E-state index in [1.165, 1.54) is 7.11 Å². The van der Waals surface area contributed by atoms with Crippen LogP contribution in [0.25, 0.3) is 10.9 Å². The molecule has 1 aromatic carbocycles. The van der Waals surface area contributed by atoms with E-state index in [1.54, 1.807) is 10.0 Å². The number of H-pyrrole nitrogens is 1. The molecule has 1 saturated heterocycles. The molecule has 0 spiro atoms. The number of carbonyl (C=O) groups excluding carboxylic acids is 3. The minimum atomic E-state index is -0.264. The second kappa shape index (κ2) is 8.91. The van der Waals surface area contributed by atoms with Gasteiger partial charge in [-0.2, -0.15) is 0 Å². The van der Waals surface area contributed by atoms with Crippen LogP contribution in [0.4, 0.5) is 0 Å². The number of fused-ring (bicyclic) bond motifs is 1. The van der Waals surface area contributed by atoms with Crippen molar-refractivity contribution >= 4 is 28.7 Å². The van der Waals surface area contributed by atoms with Crippen molar-refractivity contribution in [3.8, 4) is 0 Å². The molecule has 1 aliphatic rings. The number of unbranched alkanes of at least 4 members (excludes halogenated alkanes) is 1. The highest BCUT2D eigenvalue weighted by Crippen LogP contribution is 2.24. The van der Waals surface area contributed by atoms with Gasteiger partial charge in [-0.25, -0.2) is 0 Å². The first-order valence-corrected chi connectivity index (χ1v) is 9.75. The maximum absolute atomic E-state index is 12.9. The molecule has 1 aliphatic heterocycles. The topological polar surface area (TPSA) is 82.7 Å². The summed E-state index contributed by atoms with van der Waals surface area (Å²) >= 11 is 0. The predicted octanol–water partition coefficient (Wildman–Crippen LogP) is 2.73. The molecule has 1 fully saturated rings. The number of aryl methyl sites for hydroxylation is 1. The number of esters is 1. The van der Waals surface area contributed by atoms with Gasteiger partial charge >= 0.3 is 5.97 Å². The molecular weight excluding hydrogens is 358 g/mol. The lowest BCUT2D eigenvalue weighted by Crippen LogP contribution is -2.45. The fourth-order valence-corrected chi connectivity index (χ4v) is 3.71. The largest absolute Gasteiger partial charge is 0.469 e. The maximum atomic E-state index is 12.9. The number of aromatic amines is 1. The van der Waals surface area contributed by atoms with Gasteiger partial charge < -0.3 is 9.72 Å². The second-order valence-corrected chi connectivity index (χ2v) is 7.12. The number of nitrogens with zero attached hydrogens (tertiary/aromatic N) is 2. The summed E-state index contributed by atoms with van der Waals surface area (Å²) in [6, 6.07) is 7.93. The number of methoxy groups -OCH3 is 1. The lowest BCUT2D eigenvalue weighted by molar-refractivity contribution is -0.157. The molecule has 28 heavy (non-hydrogen) atoms. The number of ether oxygens (including phenoxy) is 1. The summed E-state index contributed by atoms with van der Waals surface area (Å²) in [5, 5.41) is 4.21. The summed E-state index contributed by atoms with van der Waals surface area (Å²) in [5.41, 5.74) is 2.98. The lowest BCUT2D eigenvalue weighted by atomic mass is 10.1. The molecule has 0 bridgehead atoms. The van der Waals surface area contributed by atoms with E-state index in [2.05, 4.69) is 9.72 Å². The molecule has 7 nitrogen and oxygen atoms in total. The number of nitrogens with one attached hydrogen (secondary N) is 1. The van der Waals surface area contributed by atoms with Crippen molar-refractivity contribution in [1.82, 2.24) is 15.0 Å². The van der Waals surface area contributed by atoms with Crippen LogP contribution in [0.2, 0.25) is 0 Å². The van der Waals surface area contributed by atoms with Crippen molar-refractivity contribution < 1.29 is 19.1 Å². The fraction of sp³-hybridized carbons (Fsp3) is 0.476. The molecule has 3 rings (SSSR count). The van der Waals surface area contributed by atoms with E-state index < -0.39 is 0 Å². The Hall–Kier alpha value is -2.83. The highest BCUT2D eigenvalue weighted by molar-refractivity contribution is 5.91. The molecule has 0 aliphatic carbocycles. The van der Waals surface area contributed by atoms with Crippen molar-refractivity contribution in [2.24, 2.45) is 0 Å². The molecule has 150 valence electrons. The number of rotatable bonds is 7. The van der Waals surface area contributed by atoms with Crippen LogP contribution in [0.3, 0.4) is 0 Å². The van der Waals surface area contributed by atoms with Gasteiger partial charge in [-0.15, -0.1) is 0 Å². The van der Waals surface area contributed by atoms with Crippen LogP contribution in [-0.4, -0.2) is 53.0 Å². The minimum absolute atomic E-state index is 0.0618. The molecule has 2 aromatic rings. The third kappa shape index (κ3) is 4.35. The molecule has 0 radical (unpaired) electrons. The van der Waals surface area contributed by atoms with E-state index in [0.717, 1.165) is 28.6 Å². The molecule has 1 N–H and O–H groups in total. The molecule has 0 unspecified atom stereocenters. The Balaban J connectivity index is 1.60. The molecule has 2 amide bonds. The first-order valence-electron chi connectivity index (χ1n) is 9.75. The fourth-order valence-electron chi connectivity index (χ4n) is 3.71. The van der Waals surface area contributed by atoms with Gasteiger partial charge in [0, 0.05) is 42.5 Å². The summed E-state index contributed by atoms with van der Waals surface area (Å²) in [7, 11) is 1.36. The van der Waals surface area contributed by atoms with Gasteiger partial charge in [-0.1, -0.05) is 18.2 Å². The minimum Gasteiger partial charge on any atom is -0.469 e. The van der Waals surface area contributed by atoms with Crippen LogP contribution < -0.4 is 0 Å². The normalized spacial score (nSPS) is 13.9. The van der Waals surface area contributed by atoms with Crippen molar-refractivity contribution in [3.63, 3.8) is 0 Å². The molecular formula is C21H27N3O4. The van der Waals surface area contributed by atoms with Crippen LogP contribution in [0, 0.1) is 6.92 Å². The number of para-hydroxylation sites is 1. The SMILES string of the molecule is COC(=O)CCCCC(=O)N1CCCN1C(=O)Cc1c(C)[nH]c2ccccc12. The Morgan fingerprint density at radius 2 is 1.71 bits per heavy atom. The molecule has 0 saturated carbocycles. The van der Waals surface area contributed by atoms with Crippen LogP contribution in [0.1, 0.15) is 43.4 Å². The Bertz CT molecular complexity index is 874. The standard InChI is InChI=1S/C21H27N3O4/c1-15-17(16-8-3-4-9-18(16)22-15)14-20(26)24-13-7-12-23(24)19(25)10-5-6-11-21(27)28-2/h3-4,8-9,22H,5-7,10-14H2,1-2H3. The number of amides is 2. The van der Waals surface area contributed by atoms with Crippen LogP contribution in [-0.2, 0) is 25.5 Å². The zero-order chi connectivity index (χ0) is 20.1. The Labute approximate surface area is 164 Å². The summed E-state index contributed by atoms with van der Waals surface area (Å²) < 4.78 is 4.61. The van der Waals surface area contributed by atoms with E-state index in [4.69, 9.17) is 0 Å². The summed E-state index contributed by atoms with van der Waals surface area (Å²) in [6.07, 6.45) is 2.90. The van der Waals surface area contributed by atoms with E-state index in [1.807, 2.05) is 31.2 Å². The second-order valence-electron chi connectivity index (χ2n) is 7.12. The number of carbonyl (C=O) groups is 3. The third-order valence-electron chi connectivity index (χ3n) is 5.21. The number of aromatic nitrogens is 1. The van der Waals surface area contributed by atoms with Gasteiger partial charge in [-0.3, -0.25) is 24.4 Å². The van der Waals surface area contributed by atoms with E-state index in [9.17, 15) is 14.4 Å². The Morgan fingerprint density at radius 3 is 2.46 bits per heavy atom. The zero-order valence-corrected chi connectivity index (χ0v) is 16.5. The van der Waals surface area contributed by atoms with Crippen molar-refractivity contribution in [2.75, 3.05) is 20.2 Å². The lowest BCUT2D eigenvalue weighted by Gasteiger charge is -2.28. The first-order chi connectivity index (χ1) is 13.5. The van der Waals surface area contributed by atoms with E-state index in [-0.39, 0.29) is 24.2 Å². The molecule has 1 aromatic heterocycles. The van der Waals surface area contributed by atoms with Crippen molar-refractivity contribution in [3.05, 3.63) is 35.5 Å². The highest BCUT2D eigenvalue weighted by Gasteiger charge is 2.30. The van der Waals surface area contributed by atoms with E-state index >= 15 is 0 Å². The van der Waals surface area contributed by atoms with Crippen molar-refractivity contribution in [2.45, 2.75) is 45.4 Å². The molecule has 2 heterocycles. The number of hydrazine groups is 1. The summed E-state index contributed by atoms with van der Waals surface area (Å²) in [4.78, 5) is 40.0. The maximum Gasteiger partial charge on any atom is 0.305 e. The number of benzene rings is 1. The molecule has 0 atom stereocenters. The monoisotopic (exact) mass is 385 g/mol. The predicted molar refractivity (Wildman–Crippen MR) is 105 cm³/mol. The van der Waals surface area contributed by atoms with Gasteiger partial charge in [-0.05, 0) is 37.8 Å². The number of hydrogen-bond acceptors (Lipinski definition) is 4. The highest BCUT2D eigenvalue weighted by atomic mass is 16.5. The van der Waals surface area contributed by atoms with Crippen molar-refractivity contribution in [1.29, 1.82) is 0 Å². The van der Waals surface area contributed by atoms with Gasteiger partial charge in [0.2, 0.25) is 11.8 Å². The Kier molecular flexibility index (Phi) is 6.34. The van der Waals surface area contributed by atoms with E-state index in [0.29, 0.717) is 38.8 Å². The quantitative estimate of drug-likeness (QED) is 0.587. The average Bonchev–Trinajstić information content (AvgIpc) is 3.30.